The Balaban J connectivity index is 3.08. The molecule has 0 unspecified atom stereocenters. The minimum absolute atomic E-state index is 0.442. The Morgan fingerprint density at radius 1 is 1.80 bits per heavy atom. The zero-order valence-electron chi connectivity index (χ0n) is 5.52. The van der Waals surface area contributed by atoms with Crippen LogP contribution in [-0.4, -0.2) is 16.5 Å². The number of nitrogens with zero attached hydrogens (tertiary/aromatic N) is 1. The summed E-state index contributed by atoms with van der Waals surface area (Å²) < 4.78 is 0.782. The third kappa shape index (κ3) is 1.11. The van der Waals surface area contributed by atoms with E-state index in [1.807, 2.05) is 6.92 Å². The lowest BCUT2D eigenvalue weighted by Gasteiger charge is -1.87. The molecule has 0 aliphatic carbocycles. The first-order valence-electron chi connectivity index (χ1n) is 2.97. The largest absolute Gasteiger partial charge is 0.296 e. The normalized spacial score (nSPS) is 9.80. The van der Waals surface area contributed by atoms with Crippen molar-refractivity contribution < 1.29 is 4.79 Å². The molecule has 0 aliphatic heterocycles. The number of aromatic amines is 1. The predicted octanol–water partition coefficient (Wildman–Crippen LogP) is 1.55. The minimum Gasteiger partial charge on any atom is -0.296 e. The van der Waals surface area contributed by atoms with Crippen molar-refractivity contribution in [3.05, 3.63) is 15.9 Å². The van der Waals surface area contributed by atoms with Gasteiger partial charge in [-0.1, -0.05) is 6.92 Å². The fourth-order valence-corrected chi connectivity index (χ4v) is 1.24. The molecule has 0 aliphatic rings. The van der Waals surface area contributed by atoms with Crippen LogP contribution >= 0.6 is 15.9 Å². The van der Waals surface area contributed by atoms with Crippen molar-refractivity contribution in [2.75, 3.05) is 0 Å². The quantitative estimate of drug-likeness (QED) is 0.741. The molecule has 0 bridgehead atoms. The van der Waals surface area contributed by atoms with Gasteiger partial charge in [0.15, 0.2) is 6.29 Å². The lowest BCUT2D eigenvalue weighted by atomic mass is 10.3. The molecule has 1 aromatic rings. The molecule has 0 aromatic carbocycles. The van der Waals surface area contributed by atoms with E-state index in [1.165, 1.54) is 0 Å². The van der Waals surface area contributed by atoms with Gasteiger partial charge in [-0.2, -0.15) is 5.10 Å². The number of hydrogen-bond donors (Lipinski definition) is 1. The van der Waals surface area contributed by atoms with E-state index in [0.29, 0.717) is 5.69 Å². The number of carbonyl (C=O) groups is 1. The van der Waals surface area contributed by atoms with Crippen LogP contribution in [0.15, 0.2) is 4.47 Å². The van der Waals surface area contributed by atoms with Crippen LogP contribution in [0.1, 0.15) is 23.1 Å². The average Bonchev–Trinajstić information content (AvgIpc) is 2.30. The van der Waals surface area contributed by atoms with Crippen molar-refractivity contribution in [1.82, 2.24) is 10.2 Å². The van der Waals surface area contributed by atoms with Gasteiger partial charge in [-0.05, 0) is 22.4 Å². The highest BCUT2D eigenvalue weighted by molar-refractivity contribution is 9.10. The van der Waals surface area contributed by atoms with Gasteiger partial charge in [0, 0.05) is 5.69 Å². The van der Waals surface area contributed by atoms with Gasteiger partial charge >= 0.3 is 0 Å². The molecule has 0 radical (unpaired) electrons. The number of hydrogen-bond acceptors (Lipinski definition) is 2. The van der Waals surface area contributed by atoms with Gasteiger partial charge in [0.25, 0.3) is 0 Å². The van der Waals surface area contributed by atoms with Gasteiger partial charge in [0.1, 0.15) is 5.69 Å². The average molecular weight is 203 g/mol. The molecule has 1 heterocycles. The van der Waals surface area contributed by atoms with Crippen molar-refractivity contribution >= 4 is 22.2 Å². The Kier molecular flexibility index (Phi) is 2.21. The number of aldehydes is 1. The minimum atomic E-state index is 0.442. The first-order valence-corrected chi connectivity index (χ1v) is 3.76. The summed E-state index contributed by atoms with van der Waals surface area (Å²) in [6.07, 6.45) is 1.57. The molecular formula is C6H7BrN2O. The van der Waals surface area contributed by atoms with E-state index in [0.717, 1.165) is 22.9 Å². The summed E-state index contributed by atoms with van der Waals surface area (Å²) in [7, 11) is 0. The molecule has 0 saturated carbocycles. The lowest BCUT2D eigenvalue weighted by Crippen LogP contribution is -1.79. The van der Waals surface area contributed by atoms with E-state index in [1.54, 1.807) is 0 Å². The Morgan fingerprint density at radius 2 is 2.50 bits per heavy atom. The zero-order chi connectivity index (χ0) is 7.56. The maximum atomic E-state index is 10.2. The van der Waals surface area contributed by atoms with Crippen LogP contribution < -0.4 is 0 Å². The Hall–Kier alpha value is -0.640. The van der Waals surface area contributed by atoms with Crippen molar-refractivity contribution in [2.24, 2.45) is 0 Å². The van der Waals surface area contributed by atoms with Crippen LogP contribution in [0.25, 0.3) is 0 Å². The van der Waals surface area contributed by atoms with Crippen LogP contribution in [0.3, 0.4) is 0 Å². The lowest BCUT2D eigenvalue weighted by molar-refractivity contribution is 0.111. The number of halogens is 1. The smallest absolute Gasteiger partial charge is 0.171 e. The Morgan fingerprint density at radius 3 is 2.80 bits per heavy atom. The number of aryl methyl sites for hydroxylation is 1. The van der Waals surface area contributed by atoms with Crippen molar-refractivity contribution in [3.63, 3.8) is 0 Å². The third-order valence-electron chi connectivity index (χ3n) is 1.27. The molecule has 0 saturated heterocycles. The van der Waals surface area contributed by atoms with Gasteiger partial charge in [0.2, 0.25) is 0 Å². The second-order valence-electron chi connectivity index (χ2n) is 1.87. The standard InChI is InChI=1S/C6H7BrN2O/c1-2-4-6(7)5(3-10)9-8-4/h3H,2H2,1H3,(H,8,9). The van der Waals surface area contributed by atoms with E-state index < -0.39 is 0 Å². The molecule has 10 heavy (non-hydrogen) atoms. The van der Waals surface area contributed by atoms with Crippen LogP contribution in [0.5, 0.6) is 0 Å². The van der Waals surface area contributed by atoms with Crippen LogP contribution in [0.4, 0.5) is 0 Å². The molecule has 3 nitrogen and oxygen atoms in total. The predicted molar refractivity (Wildman–Crippen MR) is 41.1 cm³/mol. The Bertz CT molecular complexity index is 244. The van der Waals surface area contributed by atoms with Crippen LogP contribution in [-0.2, 0) is 6.42 Å². The molecule has 0 amide bonds. The fraction of sp³-hybridized carbons (Fsp3) is 0.333. The van der Waals surface area contributed by atoms with Crippen LogP contribution in [0, 0.1) is 0 Å². The highest BCUT2D eigenvalue weighted by atomic mass is 79.9. The summed E-state index contributed by atoms with van der Waals surface area (Å²) in [5, 5.41) is 6.51. The fourth-order valence-electron chi connectivity index (χ4n) is 0.693. The summed E-state index contributed by atoms with van der Waals surface area (Å²) in [5.74, 6) is 0. The maximum Gasteiger partial charge on any atom is 0.171 e. The topological polar surface area (TPSA) is 45.8 Å². The van der Waals surface area contributed by atoms with Crippen molar-refractivity contribution in [3.8, 4) is 0 Å². The van der Waals surface area contributed by atoms with Gasteiger partial charge in [-0.25, -0.2) is 0 Å². The number of rotatable bonds is 2. The molecule has 4 heteroatoms. The summed E-state index contributed by atoms with van der Waals surface area (Å²) in [4.78, 5) is 10.2. The van der Waals surface area contributed by atoms with E-state index >= 15 is 0 Å². The molecule has 0 atom stereocenters. The Labute approximate surface area is 67.0 Å². The SMILES string of the molecule is CCc1[nH]nc(C=O)c1Br. The summed E-state index contributed by atoms with van der Waals surface area (Å²) in [6.45, 7) is 1.99. The van der Waals surface area contributed by atoms with Crippen molar-refractivity contribution in [2.45, 2.75) is 13.3 Å². The molecule has 0 fully saturated rings. The number of aromatic nitrogens is 2. The summed E-state index contributed by atoms with van der Waals surface area (Å²) >= 11 is 3.25. The van der Waals surface area contributed by atoms with Gasteiger partial charge < -0.3 is 0 Å². The van der Waals surface area contributed by atoms with Crippen LogP contribution in [0.2, 0.25) is 0 Å². The molecular weight excluding hydrogens is 196 g/mol. The highest BCUT2D eigenvalue weighted by Crippen LogP contribution is 2.17. The molecule has 54 valence electrons. The second-order valence-corrected chi connectivity index (χ2v) is 2.67. The van der Waals surface area contributed by atoms with E-state index in [9.17, 15) is 4.79 Å². The number of carbonyl (C=O) groups excluding carboxylic acids is 1. The maximum absolute atomic E-state index is 10.2. The van der Waals surface area contributed by atoms with E-state index in [-0.39, 0.29) is 0 Å². The molecule has 1 aromatic heterocycles. The molecule has 1 N–H and O–H groups in total. The van der Waals surface area contributed by atoms with Gasteiger partial charge in [-0.15, -0.1) is 0 Å². The van der Waals surface area contributed by atoms with E-state index in [2.05, 4.69) is 26.1 Å². The number of nitrogens with one attached hydrogen (secondary N) is 1. The first-order chi connectivity index (χ1) is 4.79. The first kappa shape index (κ1) is 7.47. The zero-order valence-corrected chi connectivity index (χ0v) is 7.10. The summed E-state index contributed by atoms with van der Waals surface area (Å²) in [5.41, 5.74) is 1.40. The van der Waals surface area contributed by atoms with Crippen molar-refractivity contribution in [1.29, 1.82) is 0 Å². The molecule has 0 spiro atoms. The third-order valence-corrected chi connectivity index (χ3v) is 2.15. The summed E-state index contributed by atoms with van der Waals surface area (Å²) in [6, 6.07) is 0. The second kappa shape index (κ2) is 2.96. The highest BCUT2D eigenvalue weighted by Gasteiger charge is 2.06. The van der Waals surface area contributed by atoms with Gasteiger partial charge in [0.05, 0.1) is 4.47 Å². The van der Waals surface area contributed by atoms with Gasteiger partial charge in [-0.3, -0.25) is 9.89 Å². The monoisotopic (exact) mass is 202 g/mol. The molecule has 1 rings (SSSR count). The van der Waals surface area contributed by atoms with E-state index in [4.69, 9.17) is 0 Å². The number of H-pyrrole nitrogens is 1.